The minimum absolute atomic E-state index is 0.0783. The number of hydrogen-bond donors (Lipinski definition) is 1. The molecule has 0 saturated carbocycles. The molecular formula is C20H21N7O2S. The fourth-order valence-electron chi connectivity index (χ4n) is 3.85. The van der Waals surface area contributed by atoms with Gasteiger partial charge < -0.3 is 10.2 Å². The number of amides is 1. The Balaban J connectivity index is 1.22. The zero-order valence-electron chi connectivity index (χ0n) is 16.7. The fourth-order valence-corrected chi connectivity index (χ4v) is 4.77. The van der Waals surface area contributed by atoms with E-state index in [1.165, 1.54) is 17.7 Å². The highest BCUT2D eigenvalue weighted by Gasteiger charge is 2.36. The lowest BCUT2D eigenvalue weighted by Gasteiger charge is -2.38. The summed E-state index contributed by atoms with van der Waals surface area (Å²) in [6, 6.07) is 3.68. The van der Waals surface area contributed by atoms with E-state index in [1.54, 1.807) is 10.9 Å². The van der Waals surface area contributed by atoms with Crippen LogP contribution in [0.25, 0.3) is 5.82 Å². The average molecular weight is 424 g/mol. The number of Topliss-reactive ketones (excluding diaryl/α,β-unsaturated/α-hetero) is 1. The van der Waals surface area contributed by atoms with Crippen LogP contribution in [0.15, 0.2) is 30.9 Å². The summed E-state index contributed by atoms with van der Waals surface area (Å²) in [6.07, 6.45) is 6.28. The maximum Gasteiger partial charge on any atom is 0.232 e. The average Bonchev–Trinajstić information content (AvgIpc) is 3.29. The molecule has 0 spiro atoms. The molecule has 0 radical (unpaired) electrons. The topological polar surface area (TPSA) is 106 Å². The zero-order chi connectivity index (χ0) is 20.9. The number of hydrogen-bond acceptors (Lipinski definition) is 8. The van der Waals surface area contributed by atoms with Crippen LogP contribution >= 0.6 is 11.3 Å². The van der Waals surface area contributed by atoms with E-state index in [0.717, 1.165) is 17.9 Å². The Morgan fingerprint density at radius 2 is 2.03 bits per heavy atom. The number of ketones is 1. The van der Waals surface area contributed by atoms with Crippen molar-refractivity contribution in [3.63, 3.8) is 0 Å². The van der Waals surface area contributed by atoms with Gasteiger partial charge in [0.1, 0.15) is 12.1 Å². The summed E-state index contributed by atoms with van der Waals surface area (Å²) in [5.41, 5.74) is 0.722. The van der Waals surface area contributed by atoms with E-state index in [4.69, 9.17) is 0 Å². The lowest BCUT2D eigenvalue weighted by Crippen LogP contribution is -2.52. The Labute approximate surface area is 177 Å². The molecule has 0 aromatic carbocycles. The number of carbonyl (C=O) groups is 2. The second-order valence-corrected chi connectivity index (χ2v) is 9.51. The molecule has 1 fully saturated rings. The van der Waals surface area contributed by atoms with Crippen molar-refractivity contribution in [1.82, 2.24) is 24.7 Å². The zero-order valence-corrected chi connectivity index (χ0v) is 17.5. The minimum atomic E-state index is -0.152. The van der Waals surface area contributed by atoms with E-state index >= 15 is 0 Å². The van der Waals surface area contributed by atoms with E-state index < -0.39 is 0 Å². The van der Waals surface area contributed by atoms with E-state index in [9.17, 15) is 9.59 Å². The number of thiazole rings is 1. The Hall–Kier alpha value is -3.14. The monoisotopic (exact) mass is 423 g/mol. The Morgan fingerprint density at radius 3 is 2.80 bits per heavy atom. The Morgan fingerprint density at radius 1 is 1.23 bits per heavy atom. The van der Waals surface area contributed by atoms with Gasteiger partial charge in [-0.15, -0.1) is 0 Å². The Kier molecular flexibility index (Phi) is 4.39. The normalized spacial score (nSPS) is 18.1. The SMILES string of the molecule is CC1(C)CC(=O)c2sc(NC(=O)C3CN(c4cc(-n5cccn5)ncn4)C3)nc2C1. The van der Waals surface area contributed by atoms with Crippen LogP contribution in [0.2, 0.25) is 0 Å². The highest BCUT2D eigenvalue weighted by molar-refractivity contribution is 7.17. The quantitative estimate of drug-likeness (QED) is 0.686. The van der Waals surface area contributed by atoms with Crippen molar-refractivity contribution < 1.29 is 9.59 Å². The summed E-state index contributed by atoms with van der Waals surface area (Å²) in [7, 11) is 0. The van der Waals surface area contributed by atoms with Crippen LogP contribution in [0.1, 0.15) is 35.6 Å². The summed E-state index contributed by atoms with van der Waals surface area (Å²) in [4.78, 5) is 40.8. The number of aromatic nitrogens is 5. The molecule has 1 saturated heterocycles. The summed E-state index contributed by atoms with van der Waals surface area (Å²) in [5, 5.41) is 7.59. The highest BCUT2D eigenvalue weighted by Crippen LogP contribution is 2.38. The molecule has 3 aromatic heterocycles. The largest absolute Gasteiger partial charge is 0.355 e. The third-order valence-electron chi connectivity index (χ3n) is 5.42. The number of fused-ring (bicyclic) bond motifs is 1. The van der Waals surface area contributed by atoms with Gasteiger partial charge in [-0.05, 0) is 17.9 Å². The second-order valence-electron chi connectivity index (χ2n) is 8.51. The molecule has 1 amide bonds. The predicted octanol–water partition coefficient (Wildman–Crippen LogP) is 2.35. The number of nitrogens with zero attached hydrogens (tertiary/aromatic N) is 6. The molecule has 154 valence electrons. The summed E-state index contributed by atoms with van der Waals surface area (Å²) in [5.74, 6) is 1.33. The summed E-state index contributed by atoms with van der Waals surface area (Å²) < 4.78 is 1.67. The van der Waals surface area contributed by atoms with Crippen LogP contribution in [0, 0.1) is 11.3 Å². The van der Waals surface area contributed by atoms with Gasteiger partial charge in [-0.2, -0.15) is 5.10 Å². The molecule has 5 rings (SSSR count). The Bertz CT molecular complexity index is 1120. The maximum atomic E-state index is 12.6. The van der Waals surface area contributed by atoms with Crippen LogP contribution in [0.3, 0.4) is 0 Å². The first-order chi connectivity index (χ1) is 14.4. The number of anilines is 2. The van der Waals surface area contributed by atoms with E-state index in [0.29, 0.717) is 35.3 Å². The van der Waals surface area contributed by atoms with E-state index in [2.05, 4.69) is 39.2 Å². The van der Waals surface area contributed by atoms with Crippen LogP contribution in [-0.4, -0.2) is 49.5 Å². The van der Waals surface area contributed by atoms with Gasteiger partial charge in [-0.25, -0.2) is 19.6 Å². The second kappa shape index (κ2) is 6.98. The van der Waals surface area contributed by atoms with Gasteiger partial charge in [0.15, 0.2) is 16.7 Å². The van der Waals surface area contributed by atoms with Crippen molar-refractivity contribution in [3.05, 3.63) is 41.4 Å². The third-order valence-corrected chi connectivity index (χ3v) is 6.47. The third kappa shape index (κ3) is 3.47. The van der Waals surface area contributed by atoms with Crippen LogP contribution < -0.4 is 10.2 Å². The lowest BCUT2D eigenvalue weighted by atomic mass is 9.78. The maximum absolute atomic E-state index is 12.6. The van der Waals surface area contributed by atoms with Crippen molar-refractivity contribution in [2.24, 2.45) is 11.3 Å². The van der Waals surface area contributed by atoms with E-state index in [-0.39, 0.29) is 23.0 Å². The molecule has 4 heterocycles. The van der Waals surface area contributed by atoms with Gasteiger partial charge >= 0.3 is 0 Å². The molecule has 9 nitrogen and oxygen atoms in total. The van der Waals surface area contributed by atoms with Gasteiger partial charge in [-0.3, -0.25) is 9.59 Å². The lowest BCUT2D eigenvalue weighted by molar-refractivity contribution is -0.120. The smallest absolute Gasteiger partial charge is 0.232 e. The minimum Gasteiger partial charge on any atom is -0.355 e. The first kappa shape index (κ1) is 18.9. The molecule has 0 atom stereocenters. The molecule has 2 aliphatic rings. The summed E-state index contributed by atoms with van der Waals surface area (Å²) >= 11 is 1.29. The van der Waals surface area contributed by atoms with Crippen molar-refractivity contribution >= 4 is 34.0 Å². The number of nitrogens with one attached hydrogen (secondary N) is 1. The molecule has 1 aliphatic heterocycles. The van der Waals surface area contributed by atoms with Crippen molar-refractivity contribution in [1.29, 1.82) is 0 Å². The molecule has 30 heavy (non-hydrogen) atoms. The molecule has 1 N–H and O–H groups in total. The van der Waals surface area contributed by atoms with Crippen molar-refractivity contribution in [2.75, 3.05) is 23.3 Å². The van der Waals surface area contributed by atoms with Crippen LogP contribution in [-0.2, 0) is 11.2 Å². The van der Waals surface area contributed by atoms with Crippen LogP contribution in [0.4, 0.5) is 10.9 Å². The van der Waals surface area contributed by atoms with Crippen molar-refractivity contribution in [3.8, 4) is 5.82 Å². The van der Waals surface area contributed by atoms with Gasteiger partial charge in [0.25, 0.3) is 0 Å². The molecule has 3 aromatic rings. The van der Waals surface area contributed by atoms with Crippen LogP contribution in [0.5, 0.6) is 0 Å². The molecule has 1 aliphatic carbocycles. The van der Waals surface area contributed by atoms with Gasteiger partial charge in [-0.1, -0.05) is 25.2 Å². The first-order valence-corrected chi connectivity index (χ1v) is 10.6. The number of rotatable bonds is 4. The van der Waals surface area contributed by atoms with Gasteiger partial charge in [0, 0.05) is 38.0 Å². The molecule has 10 heteroatoms. The first-order valence-electron chi connectivity index (χ1n) is 9.79. The van der Waals surface area contributed by atoms with E-state index in [1.807, 2.05) is 23.2 Å². The van der Waals surface area contributed by atoms with Crippen molar-refractivity contribution in [2.45, 2.75) is 26.7 Å². The standard InChI is InChI=1S/C20H21N7O2S/c1-20(2)7-13-17(14(28)8-20)30-19(24-13)25-18(29)12-9-26(10-12)15-6-16(22-11-21-15)27-5-3-4-23-27/h3-6,11-12H,7-10H2,1-2H3,(H,24,25,29). The van der Waals surface area contributed by atoms with Gasteiger partial charge in [0.2, 0.25) is 5.91 Å². The van der Waals surface area contributed by atoms with Gasteiger partial charge in [0.05, 0.1) is 16.5 Å². The molecule has 0 unspecified atom stereocenters. The molecule has 0 bridgehead atoms. The fraction of sp³-hybridized carbons (Fsp3) is 0.400. The highest BCUT2D eigenvalue weighted by atomic mass is 32.1. The summed E-state index contributed by atoms with van der Waals surface area (Å²) in [6.45, 7) is 5.27. The molecular weight excluding hydrogens is 402 g/mol. The number of carbonyl (C=O) groups excluding carboxylic acids is 2. The predicted molar refractivity (Wildman–Crippen MR) is 112 cm³/mol.